The van der Waals surface area contributed by atoms with Crippen molar-refractivity contribution in [2.45, 2.75) is 24.9 Å². The summed E-state index contributed by atoms with van der Waals surface area (Å²) in [5, 5.41) is 0. The number of hydrogen-bond acceptors (Lipinski definition) is 1. The second-order valence-electron chi connectivity index (χ2n) is 6.04. The fraction of sp³-hybridized carbons (Fsp3) is 0.182. The van der Waals surface area contributed by atoms with Gasteiger partial charge in [0.15, 0.2) is 0 Å². The third-order valence-electron chi connectivity index (χ3n) is 4.83. The Labute approximate surface area is 147 Å². The molecule has 0 radical (unpaired) electrons. The standard InChI is InChI=1S/C22H24OSi/c1-2-21(18-12-6-3-7-13-18)22(23-24,19-14-8-4-9-15-19)20-16-10-5-11-17-20/h3-17,21H,2H2,1,24H3. The maximum Gasteiger partial charge on any atom is 0.147 e. The van der Waals surface area contributed by atoms with Gasteiger partial charge in [-0.2, -0.15) is 0 Å². The highest BCUT2D eigenvalue weighted by atomic mass is 28.2. The Morgan fingerprint density at radius 1 is 0.750 bits per heavy atom. The lowest BCUT2D eigenvalue weighted by atomic mass is 9.72. The van der Waals surface area contributed by atoms with Crippen LogP contribution in [-0.2, 0) is 10.0 Å². The van der Waals surface area contributed by atoms with Gasteiger partial charge in [-0.15, -0.1) is 0 Å². The van der Waals surface area contributed by atoms with Gasteiger partial charge in [-0.05, 0) is 23.1 Å². The molecule has 0 aromatic heterocycles. The lowest BCUT2D eigenvalue weighted by molar-refractivity contribution is 0.0877. The molecule has 0 spiro atoms. The smallest absolute Gasteiger partial charge is 0.147 e. The highest BCUT2D eigenvalue weighted by Crippen LogP contribution is 2.46. The Morgan fingerprint density at radius 3 is 1.54 bits per heavy atom. The molecule has 3 aromatic carbocycles. The van der Waals surface area contributed by atoms with E-state index in [1.807, 2.05) is 0 Å². The highest BCUT2D eigenvalue weighted by Gasteiger charge is 2.41. The summed E-state index contributed by atoms with van der Waals surface area (Å²) in [4.78, 5) is 0. The summed E-state index contributed by atoms with van der Waals surface area (Å²) in [5.41, 5.74) is 3.33. The van der Waals surface area contributed by atoms with Gasteiger partial charge in [-0.3, -0.25) is 0 Å². The van der Waals surface area contributed by atoms with Crippen molar-refractivity contribution in [3.63, 3.8) is 0 Å². The van der Waals surface area contributed by atoms with Crippen LogP contribution in [0, 0.1) is 0 Å². The number of hydrogen-bond donors (Lipinski definition) is 0. The third-order valence-corrected chi connectivity index (χ3v) is 5.47. The van der Waals surface area contributed by atoms with Crippen molar-refractivity contribution in [1.29, 1.82) is 0 Å². The summed E-state index contributed by atoms with van der Waals surface area (Å²) in [7, 11) is 0.669. The second kappa shape index (κ2) is 7.60. The average molecular weight is 333 g/mol. The monoisotopic (exact) mass is 332 g/mol. The van der Waals surface area contributed by atoms with E-state index >= 15 is 0 Å². The topological polar surface area (TPSA) is 9.23 Å². The van der Waals surface area contributed by atoms with E-state index in [1.165, 1.54) is 16.7 Å². The van der Waals surface area contributed by atoms with Crippen molar-refractivity contribution in [2.24, 2.45) is 0 Å². The molecule has 0 saturated heterocycles. The van der Waals surface area contributed by atoms with Gasteiger partial charge in [0, 0.05) is 5.92 Å². The van der Waals surface area contributed by atoms with Gasteiger partial charge in [0.2, 0.25) is 0 Å². The first-order valence-corrected chi connectivity index (χ1v) is 9.35. The fourth-order valence-corrected chi connectivity index (χ4v) is 4.52. The molecule has 122 valence electrons. The van der Waals surface area contributed by atoms with Crippen LogP contribution < -0.4 is 0 Å². The molecule has 24 heavy (non-hydrogen) atoms. The normalized spacial score (nSPS) is 12.9. The molecule has 0 amide bonds. The van der Waals surface area contributed by atoms with Crippen LogP contribution in [0.1, 0.15) is 36.0 Å². The van der Waals surface area contributed by atoms with Gasteiger partial charge < -0.3 is 4.43 Å². The predicted molar refractivity (Wildman–Crippen MR) is 104 cm³/mol. The Hall–Kier alpha value is -2.16. The van der Waals surface area contributed by atoms with Crippen molar-refractivity contribution < 1.29 is 4.43 Å². The summed E-state index contributed by atoms with van der Waals surface area (Å²) in [6.45, 7) is 2.25. The summed E-state index contributed by atoms with van der Waals surface area (Å²) < 4.78 is 6.46. The molecule has 0 saturated carbocycles. The molecule has 2 heteroatoms. The van der Waals surface area contributed by atoms with Crippen LogP contribution in [0.3, 0.4) is 0 Å². The van der Waals surface area contributed by atoms with Gasteiger partial charge in [0.25, 0.3) is 0 Å². The Balaban J connectivity index is 2.25. The summed E-state index contributed by atoms with van der Waals surface area (Å²) in [6, 6.07) is 32.0. The van der Waals surface area contributed by atoms with Crippen molar-refractivity contribution >= 4 is 10.5 Å². The molecule has 3 aromatic rings. The van der Waals surface area contributed by atoms with Gasteiger partial charge >= 0.3 is 0 Å². The molecule has 0 bridgehead atoms. The van der Waals surface area contributed by atoms with Crippen LogP contribution in [0.2, 0.25) is 0 Å². The Bertz CT molecular complexity index is 701. The van der Waals surface area contributed by atoms with Gasteiger partial charge in [0.05, 0.1) is 0 Å². The third kappa shape index (κ3) is 2.95. The maximum absolute atomic E-state index is 6.46. The van der Waals surface area contributed by atoms with Crippen LogP contribution in [0.25, 0.3) is 0 Å². The molecule has 0 aliphatic heterocycles. The minimum Gasteiger partial charge on any atom is -0.414 e. The van der Waals surface area contributed by atoms with Crippen molar-refractivity contribution in [3.8, 4) is 0 Å². The van der Waals surface area contributed by atoms with E-state index < -0.39 is 5.60 Å². The van der Waals surface area contributed by atoms with Crippen LogP contribution >= 0.6 is 0 Å². The second-order valence-corrected chi connectivity index (χ2v) is 6.45. The first-order chi connectivity index (χ1) is 11.8. The van der Waals surface area contributed by atoms with E-state index in [0.717, 1.165) is 6.42 Å². The zero-order chi connectivity index (χ0) is 16.8. The molecule has 1 nitrogen and oxygen atoms in total. The fourth-order valence-electron chi connectivity index (χ4n) is 3.76. The van der Waals surface area contributed by atoms with Crippen molar-refractivity contribution in [3.05, 3.63) is 108 Å². The molecule has 1 unspecified atom stereocenters. The molecule has 0 heterocycles. The Kier molecular flexibility index (Phi) is 5.29. The summed E-state index contributed by atoms with van der Waals surface area (Å²) in [5.74, 6) is 0.265. The van der Waals surface area contributed by atoms with E-state index in [9.17, 15) is 0 Å². The van der Waals surface area contributed by atoms with E-state index in [-0.39, 0.29) is 5.92 Å². The van der Waals surface area contributed by atoms with Crippen molar-refractivity contribution in [1.82, 2.24) is 0 Å². The SMILES string of the molecule is CCC(c1ccccc1)C(O[SiH3])(c1ccccc1)c1ccccc1. The van der Waals surface area contributed by atoms with Crippen molar-refractivity contribution in [2.75, 3.05) is 0 Å². The quantitative estimate of drug-likeness (QED) is 0.607. The first kappa shape index (κ1) is 16.7. The van der Waals surface area contributed by atoms with E-state index in [0.29, 0.717) is 10.5 Å². The largest absolute Gasteiger partial charge is 0.414 e. The van der Waals surface area contributed by atoms with E-state index in [4.69, 9.17) is 4.43 Å². The van der Waals surface area contributed by atoms with E-state index in [2.05, 4.69) is 97.9 Å². The summed E-state index contributed by atoms with van der Waals surface area (Å²) in [6.07, 6.45) is 1.01. The molecule has 0 fully saturated rings. The highest BCUT2D eigenvalue weighted by molar-refractivity contribution is 5.98. The van der Waals surface area contributed by atoms with Crippen LogP contribution in [-0.4, -0.2) is 10.5 Å². The first-order valence-electron chi connectivity index (χ1n) is 8.54. The van der Waals surface area contributed by atoms with Crippen LogP contribution in [0.15, 0.2) is 91.0 Å². The zero-order valence-electron chi connectivity index (χ0n) is 14.4. The molecule has 0 aliphatic carbocycles. The zero-order valence-corrected chi connectivity index (χ0v) is 16.4. The Morgan fingerprint density at radius 2 is 1.17 bits per heavy atom. The van der Waals surface area contributed by atoms with E-state index in [1.54, 1.807) is 0 Å². The number of benzene rings is 3. The lowest BCUT2D eigenvalue weighted by Gasteiger charge is -2.41. The van der Waals surface area contributed by atoms with Crippen LogP contribution in [0.4, 0.5) is 0 Å². The molecular weight excluding hydrogens is 308 g/mol. The van der Waals surface area contributed by atoms with Gasteiger partial charge in [0.1, 0.15) is 16.1 Å². The van der Waals surface area contributed by atoms with Gasteiger partial charge in [-0.25, -0.2) is 0 Å². The summed E-state index contributed by atoms with van der Waals surface area (Å²) >= 11 is 0. The van der Waals surface area contributed by atoms with Gasteiger partial charge in [-0.1, -0.05) is 97.9 Å². The minimum absolute atomic E-state index is 0.265. The molecular formula is C22H24OSi. The molecule has 3 rings (SSSR count). The average Bonchev–Trinajstić information content (AvgIpc) is 2.68. The molecule has 1 atom stereocenters. The molecule has 0 N–H and O–H groups in total. The number of rotatable bonds is 6. The minimum atomic E-state index is -0.440. The predicted octanol–water partition coefficient (Wildman–Crippen LogP) is 4.42. The lowest BCUT2D eigenvalue weighted by Crippen LogP contribution is -2.37. The molecule has 0 aliphatic rings. The van der Waals surface area contributed by atoms with Crippen LogP contribution in [0.5, 0.6) is 0 Å². The maximum atomic E-state index is 6.46.